The molecule has 6 aliphatic rings. The van der Waals surface area contributed by atoms with E-state index in [1.54, 1.807) is 0 Å². The van der Waals surface area contributed by atoms with E-state index in [0.29, 0.717) is 53.4 Å². The summed E-state index contributed by atoms with van der Waals surface area (Å²) in [7, 11) is 0. The maximum atomic E-state index is 11.9. The first kappa shape index (κ1) is 22.3. The number of aliphatic hydroxyl groups excluding tert-OH is 1. The Morgan fingerprint density at radius 1 is 0.906 bits per heavy atom. The van der Waals surface area contributed by atoms with Gasteiger partial charge in [0, 0.05) is 18.8 Å². The fourth-order valence-corrected chi connectivity index (χ4v) is 10.7. The van der Waals surface area contributed by atoms with Gasteiger partial charge in [0.15, 0.2) is 5.79 Å². The average molecular weight is 447 g/mol. The second kappa shape index (κ2) is 6.95. The van der Waals surface area contributed by atoms with Crippen LogP contribution in [0, 0.1) is 52.3 Å². The second-order valence-corrected chi connectivity index (χ2v) is 13.8. The second-order valence-electron chi connectivity index (χ2n) is 13.8. The fourth-order valence-electron chi connectivity index (χ4n) is 10.7. The van der Waals surface area contributed by atoms with Crippen molar-refractivity contribution in [3.8, 4) is 0 Å². The highest BCUT2D eigenvalue weighted by molar-refractivity contribution is 5.19. The molecule has 0 aromatic carbocycles. The van der Waals surface area contributed by atoms with Crippen molar-refractivity contribution in [3.63, 3.8) is 0 Å². The van der Waals surface area contributed by atoms with E-state index in [0.717, 1.165) is 32.3 Å². The number of fused-ring (bicyclic) bond motifs is 7. The van der Waals surface area contributed by atoms with Gasteiger partial charge in [-0.3, -0.25) is 0 Å². The van der Waals surface area contributed by atoms with Gasteiger partial charge in [0.2, 0.25) is 0 Å². The van der Waals surface area contributed by atoms with Gasteiger partial charge in [0.25, 0.3) is 0 Å². The van der Waals surface area contributed by atoms with Gasteiger partial charge in [-0.05, 0) is 91.3 Å². The third-order valence-electron chi connectivity index (χ3n) is 12.5. The highest BCUT2D eigenvalue weighted by atomic mass is 16.7. The Morgan fingerprint density at radius 3 is 2.41 bits per heavy atom. The molecule has 2 heterocycles. The average Bonchev–Trinajstić information content (AvgIpc) is 3.18. The van der Waals surface area contributed by atoms with Crippen molar-refractivity contribution < 1.29 is 19.7 Å². The predicted molar refractivity (Wildman–Crippen MR) is 124 cm³/mol. The molecule has 13 atom stereocenters. The normalized spacial score (nSPS) is 64.0. The molecule has 0 bridgehead atoms. The molecule has 6 rings (SSSR count). The molecule has 0 unspecified atom stereocenters. The molecule has 2 N–H and O–H groups in total. The van der Waals surface area contributed by atoms with Crippen LogP contribution in [0.25, 0.3) is 0 Å². The molecule has 6 fully saturated rings. The highest BCUT2D eigenvalue weighted by Crippen LogP contribution is 2.72. The summed E-state index contributed by atoms with van der Waals surface area (Å²) in [6, 6.07) is 0. The van der Waals surface area contributed by atoms with Crippen LogP contribution in [0.4, 0.5) is 0 Å². The van der Waals surface area contributed by atoms with Gasteiger partial charge < -0.3 is 19.7 Å². The number of hydrogen-bond donors (Lipinski definition) is 2. The first-order valence-electron chi connectivity index (χ1n) is 13.8. The SMILES string of the molecule is C[C@H]1CC[C@@]2(OC1)O[C@@H]1C[C@@H]3[C@H]4C[C@H](C)[C@@]5(O)C[C@H](O)CC[C@]5(C)[C@@H]4CC[C@]3(C)[C@@H]1[C@H]2C. The maximum Gasteiger partial charge on any atom is 0.171 e. The van der Waals surface area contributed by atoms with Crippen LogP contribution >= 0.6 is 0 Å². The molecular weight excluding hydrogens is 400 g/mol. The monoisotopic (exact) mass is 446 g/mol. The number of hydrogen-bond acceptors (Lipinski definition) is 4. The smallest absolute Gasteiger partial charge is 0.171 e. The first-order chi connectivity index (χ1) is 15.0. The largest absolute Gasteiger partial charge is 0.393 e. The Kier molecular flexibility index (Phi) is 4.85. The lowest BCUT2D eigenvalue weighted by Crippen LogP contribution is -2.66. The summed E-state index contributed by atoms with van der Waals surface area (Å²) in [5.41, 5.74) is -0.459. The van der Waals surface area contributed by atoms with Gasteiger partial charge in [0.1, 0.15) is 0 Å². The number of ether oxygens (including phenoxy) is 2. The van der Waals surface area contributed by atoms with Gasteiger partial charge in [-0.2, -0.15) is 0 Å². The minimum atomic E-state index is -0.714. The van der Waals surface area contributed by atoms with Gasteiger partial charge >= 0.3 is 0 Å². The topological polar surface area (TPSA) is 58.9 Å². The van der Waals surface area contributed by atoms with Crippen molar-refractivity contribution in [2.24, 2.45) is 52.3 Å². The lowest BCUT2D eigenvalue weighted by atomic mass is 9.41. The van der Waals surface area contributed by atoms with Crippen molar-refractivity contribution in [2.75, 3.05) is 6.61 Å². The lowest BCUT2D eigenvalue weighted by Gasteiger charge is -2.66. The van der Waals surface area contributed by atoms with E-state index in [4.69, 9.17) is 9.47 Å². The van der Waals surface area contributed by atoms with Crippen molar-refractivity contribution in [3.05, 3.63) is 0 Å². The van der Waals surface area contributed by atoms with E-state index in [2.05, 4.69) is 34.6 Å². The lowest BCUT2D eigenvalue weighted by molar-refractivity contribution is -0.276. The molecule has 4 saturated carbocycles. The maximum absolute atomic E-state index is 11.9. The van der Waals surface area contributed by atoms with E-state index in [1.807, 2.05) is 0 Å². The molecule has 4 heteroatoms. The van der Waals surface area contributed by atoms with Crippen molar-refractivity contribution in [1.82, 2.24) is 0 Å². The molecule has 4 nitrogen and oxygen atoms in total. The third-order valence-corrected chi connectivity index (χ3v) is 12.5. The minimum Gasteiger partial charge on any atom is -0.393 e. The highest BCUT2D eigenvalue weighted by Gasteiger charge is 2.71. The quantitative estimate of drug-likeness (QED) is 0.540. The van der Waals surface area contributed by atoms with Crippen molar-refractivity contribution in [2.45, 2.75) is 116 Å². The summed E-state index contributed by atoms with van der Waals surface area (Å²) < 4.78 is 13.4. The summed E-state index contributed by atoms with van der Waals surface area (Å²) in [5, 5.41) is 22.3. The molecule has 4 aliphatic carbocycles. The molecule has 0 aromatic rings. The molecule has 32 heavy (non-hydrogen) atoms. The van der Waals surface area contributed by atoms with Crippen LogP contribution in [-0.4, -0.2) is 40.4 Å². The summed E-state index contributed by atoms with van der Waals surface area (Å²) >= 11 is 0. The van der Waals surface area contributed by atoms with Gasteiger partial charge in [-0.1, -0.05) is 34.6 Å². The van der Waals surface area contributed by atoms with E-state index >= 15 is 0 Å². The molecule has 0 radical (unpaired) electrons. The molecule has 2 saturated heterocycles. The van der Waals surface area contributed by atoms with Crippen LogP contribution in [0.3, 0.4) is 0 Å². The van der Waals surface area contributed by atoms with E-state index in [1.165, 1.54) is 25.7 Å². The van der Waals surface area contributed by atoms with Gasteiger partial charge in [0.05, 0.1) is 24.4 Å². The summed E-state index contributed by atoms with van der Waals surface area (Å²) in [6.45, 7) is 12.8. The molecule has 0 aromatic heterocycles. The van der Waals surface area contributed by atoms with Crippen molar-refractivity contribution >= 4 is 0 Å². The molecular formula is C28H46O4. The summed E-state index contributed by atoms with van der Waals surface area (Å²) in [5.74, 6) is 3.56. The van der Waals surface area contributed by atoms with Crippen molar-refractivity contribution in [1.29, 1.82) is 0 Å². The van der Waals surface area contributed by atoms with E-state index < -0.39 is 5.60 Å². The zero-order valence-electron chi connectivity index (χ0n) is 21.0. The van der Waals surface area contributed by atoms with E-state index in [-0.39, 0.29) is 23.2 Å². The van der Waals surface area contributed by atoms with Crippen LogP contribution in [0.15, 0.2) is 0 Å². The zero-order valence-corrected chi connectivity index (χ0v) is 21.0. The Hall–Kier alpha value is -0.160. The van der Waals surface area contributed by atoms with Crippen LogP contribution in [-0.2, 0) is 9.47 Å². The van der Waals surface area contributed by atoms with Gasteiger partial charge in [-0.15, -0.1) is 0 Å². The fraction of sp³-hybridized carbons (Fsp3) is 1.00. The van der Waals surface area contributed by atoms with Crippen LogP contribution in [0.2, 0.25) is 0 Å². The van der Waals surface area contributed by atoms with Gasteiger partial charge in [-0.25, -0.2) is 0 Å². The Morgan fingerprint density at radius 2 is 1.69 bits per heavy atom. The third kappa shape index (κ3) is 2.65. The summed E-state index contributed by atoms with van der Waals surface area (Å²) in [4.78, 5) is 0. The predicted octanol–water partition coefficient (Wildman–Crippen LogP) is 5.15. The Bertz CT molecular complexity index is 761. The number of aliphatic hydroxyl groups is 2. The molecule has 0 amide bonds. The molecule has 2 aliphatic heterocycles. The number of rotatable bonds is 0. The van der Waals surface area contributed by atoms with Crippen LogP contribution < -0.4 is 0 Å². The first-order valence-corrected chi connectivity index (χ1v) is 13.8. The standard InChI is InChI=1S/C28H46O4/c1-16-6-11-28(31-15-16)18(3)24-23(32-28)13-22-20-12-17(2)27(30)14-19(29)7-10-26(27,5)21(20)8-9-25(22,24)4/h16-24,29-30H,6-15H2,1-5H3/t16-,17-,18+,19+,20-,21+,22+,23+,24+,25-,26+,27-,28+/m0/s1. The van der Waals surface area contributed by atoms with Crippen LogP contribution in [0.1, 0.15) is 92.4 Å². The minimum absolute atomic E-state index is 0.0656. The summed E-state index contributed by atoms with van der Waals surface area (Å²) in [6.07, 6.45) is 9.42. The van der Waals surface area contributed by atoms with Crippen LogP contribution in [0.5, 0.6) is 0 Å². The molecule has 1 spiro atoms. The van der Waals surface area contributed by atoms with E-state index in [9.17, 15) is 10.2 Å². The Labute approximate surface area is 194 Å². The molecule has 182 valence electrons. The zero-order chi connectivity index (χ0) is 22.7. The Balaban J connectivity index is 1.30.